The highest BCUT2D eigenvalue weighted by Crippen LogP contribution is 2.21. The Balaban J connectivity index is 1.84. The van der Waals surface area contributed by atoms with E-state index in [1.165, 1.54) is 0 Å². The average Bonchev–Trinajstić information content (AvgIpc) is 3.30. The zero-order valence-electron chi connectivity index (χ0n) is 14.1. The molecular formula is C19H19N4OS+. The van der Waals surface area contributed by atoms with Gasteiger partial charge in [-0.2, -0.15) is 12.6 Å². The summed E-state index contributed by atoms with van der Waals surface area (Å²) in [5.74, 6) is 2.22. The Morgan fingerprint density at radius 2 is 2.04 bits per heavy atom. The van der Waals surface area contributed by atoms with E-state index in [4.69, 9.17) is 9.72 Å². The van der Waals surface area contributed by atoms with Crippen molar-refractivity contribution >= 4 is 23.7 Å². The van der Waals surface area contributed by atoms with Crippen molar-refractivity contribution in [1.82, 2.24) is 14.5 Å². The monoisotopic (exact) mass is 351 g/mol. The molecule has 0 aliphatic heterocycles. The smallest absolute Gasteiger partial charge is 0.402 e. The topological polar surface area (TPSA) is 46.7 Å². The number of nitrogens with one attached hydrogen (secondary N) is 1. The maximum Gasteiger partial charge on any atom is 0.402 e. The number of rotatable bonds is 4. The van der Waals surface area contributed by atoms with Crippen LogP contribution in [0.3, 0.4) is 0 Å². The largest absolute Gasteiger partial charge is 0.496 e. The molecule has 4 aromatic rings. The van der Waals surface area contributed by atoms with Crippen molar-refractivity contribution in [3.8, 4) is 17.4 Å². The van der Waals surface area contributed by atoms with Gasteiger partial charge in [-0.25, -0.2) is 9.55 Å². The van der Waals surface area contributed by atoms with Crippen molar-refractivity contribution in [2.24, 2.45) is 0 Å². The lowest BCUT2D eigenvalue weighted by atomic mass is 10.2. The highest BCUT2D eigenvalue weighted by Gasteiger charge is 2.20. The number of fused-ring (bicyclic) bond motifs is 1. The van der Waals surface area contributed by atoms with Crippen LogP contribution in [0.15, 0.2) is 55.0 Å². The van der Waals surface area contributed by atoms with Gasteiger partial charge in [0, 0.05) is 41.5 Å². The summed E-state index contributed by atoms with van der Waals surface area (Å²) < 4.78 is 9.51. The molecule has 5 nitrogen and oxygen atoms in total. The Morgan fingerprint density at radius 1 is 1.24 bits per heavy atom. The quantitative estimate of drug-likeness (QED) is 0.437. The number of hydrogen-bond acceptors (Lipinski definition) is 3. The number of benzene rings is 1. The van der Waals surface area contributed by atoms with Gasteiger partial charge in [0.1, 0.15) is 17.0 Å². The van der Waals surface area contributed by atoms with Gasteiger partial charge < -0.3 is 9.30 Å². The summed E-state index contributed by atoms with van der Waals surface area (Å²) >= 11 is 4.48. The van der Waals surface area contributed by atoms with E-state index in [1.807, 2.05) is 48.3 Å². The summed E-state index contributed by atoms with van der Waals surface area (Å²) in [5.41, 5.74) is 5.12. The zero-order chi connectivity index (χ0) is 17.4. The number of thiol groups is 1. The number of methoxy groups -OCH3 is 1. The van der Waals surface area contributed by atoms with Crippen LogP contribution >= 0.6 is 12.6 Å². The first-order chi connectivity index (χ1) is 12.2. The molecule has 0 fully saturated rings. The summed E-state index contributed by atoms with van der Waals surface area (Å²) in [6.45, 7) is 2.04. The van der Waals surface area contributed by atoms with Crippen LogP contribution in [0.4, 0.5) is 0 Å². The molecule has 0 unspecified atom stereocenters. The zero-order valence-corrected chi connectivity index (χ0v) is 15.0. The van der Waals surface area contributed by atoms with Gasteiger partial charge in [-0.1, -0.05) is 4.98 Å². The van der Waals surface area contributed by atoms with E-state index in [9.17, 15) is 0 Å². The molecular weight excluding hydrogens is 332 g/mol. The maximum atomic E-state index is 5.41. The molecule has 25 heavy (non-hydrogen) atoms. The first-order valence-electron chi connectivity index (χ1n) is 8.03. The second-order valence-electron chi connectivity index (χ2n) is 5.84. The lowest BCUT2D eigenvalue weighted by Crippen LogP contribution is -2.37. The molecule has 4 rings (SSSR count). The Hall–Kier alpha value is -2.73. The molecule has 0 atom stereocenters. The second-order valence-corrected chi connectivity index (χ2v) is 6.15. The standard InChI is InChI=1S/C19H18N4OS/c1-13-17(12-25)23(10-7-18(13)24-2)19-20-15-6-5-14(11-16(15)21-19)22-8-3-4-9-22/h3-11H,12H2,1-2H3,(H-,20,21,25)/p+1. The van der Waals surface area contributed by atoms with Crippen molar-refractivity contribution in [3.63, 3.8) is 0 Å². The summed E-state index contributed by atoms with van der Waals surface area (Å²) in [6.07, 6.45) is 6.01. The summed E-state index contributed by atoms with van der Waals surface area (Å²) in [4.78, 5) is 8.17. The van der Waals surface area contributed by atoms with Crippen LogP contribution in [0.1, 0.15) is 11.3 Å². The number of ether oxygens (including phenoxy) is 1. The van der Waals surface area contributed by atoms with Gasteiger partial charge >= 0.3 is 5.95 Å². The Kier molecular flexibility index (Phi) is 3.97. The second kappa shape index (κ2) is 6.29. The minimum absolute atomic E-state index is 0.592. The fraction of sp³-hybridized carbons (Fsp3) is 0.158. The Morgan fingerprint density at radius 3 is 2.76 bits per heavy atom. The molecule has 0 saturated carbocycles. The highest BCUT2D eigenvalue weighted by molar-refractivity contribution is 7.79. The molecule has 6 heteroatoms. The van der Waals surface area contributed by atoms with Gasteiger partial charge in [0.25, 0.3) is 0 Å². The third-order valence-electron chi connectivity index (χ3n) is 4.42. The third kappa shape index (κ3) is 2.68. The van der Waals surface area contributed by atoms with Gasteiger partial charge in [-0.15, -0.1) is 0 Å². The van der Waals surface area contributed by atoms with E-state index in [2.05, 4.69) is 40.4 Å². The number of H-pyrrole nitrogens is 1. The van der Waals surface area contributed by atoms with E-state index < -0.39 is 0 Å². The summed E-state index contributed by atoms with van der Waals surface area (Å²) in [5, 5.41) is 0. The fourth-order valence-corrected chi connectivity index (χ4v) is 3.45. The van der Waals surface area contributed by atoms with Crippen LogP contribution in [0.25, 0.3) is 22.7 Å². The van der Waals surface area contributed by atoms with Gasteiger partial charge in [-0.05, 0) is 31.2 Å². The van der Waals surface area contributed by atoms with Crippen molar-refractivity contribution in [2.75, 3.05) is 7.11 Å². The van der Waals surface area contributed by atoms with Gasteiger partial charge in [0.2, 0.25) is 0 Å². The molecule has 1 aromatic carbocycles. The van der Waals surface area contributed by atoms with E-state index in [0.717, 1.165) is 39.7 Å². The molecule has 0 bridgehead atoms. The van der Waals surface area contributed by atoms with E-state index >= 15 is 0 Å². The molecule has 0 spiro atoms. The number of pyridine rings is 1. The number of aromatic amines is 1. The first-order valence-corrected chi connectivity index (χ1v) is 8.67. The minimum atomic E-state index is 0.592. The van der Waals surface area contributed by atoms with E-state index in [0.29, 0.717) is 5.75 Å². The van der Waals surface area contributed by atoms with Crippen molar-refractivity contribution in [2.45, 2.75) is 12.7 Å². The predicted molar refractivity (Wildman–Crippen MR) is 101 cm³/mol. The molecule has 1 N–H and O–H groups in total. The van der Waals surface area contributed by atoms with Crippen LogP contribution < -0.4 is 9.30 Å². The van der Waals surface area contributed by atoms with Gasteiger partial charge in [-0.3, -0.25) is 0 Å². The van der Waals surface area contributed by atoms with Crippen LogP contribution in [0.5, 0.6) is 5.75 Å². The average molecular weight is 351 g/mol. The molecule has 0 aliphatic rings. The number of nitrogens with zero attached hydrogens (tertiary/aromatic N) is 3. The molecule has 3 aromatic heterocycles. The lowest BCUT2D eigenvalue weighted by Gasteiger charge is -2.10. The van der Waals surface area contributed by atoms with Crippen LogP contribution in [0.2, 0.25) is 0 Å². The molecule has 0 amide bonds. The van der Waals surface area contributed by atoms with Crippen molar-refractivity contribution in [1.29, 1.82) is 0 Å². The minimum Gasteiger partial charge on any atom is -0.496 e. The van der Waals surface area contributed by atoms with Crippen molar-refractivity contribution in [3.05, 3.63) is 66.2 Å². The molecule has 0 aliphatic carbocycles. The van der Waals surface area contributed by atoms with E-state index in [-0.39, 0.29) is 0 Å². The van der Waals surface area contributed by atoms with Gasteiger partial charge in [0.15, 0.2) is 5.52 Å². The van der Waals surface area contributed by atoms with Crippen LogP contribution in [-0.4, -0.2) is 21.6 Å². The normalized spacial score (nSPS) is 11.2. The molecule has 0 radical (unpaired) electrons. The molecule has 126 valence electrons. The number of hydrogen-bond donors (Lipinski definition) is 2. The lowest BCUT2D eigenvalue weighted by molar-refractivity contribution is -0.610. The SMILES string of the molecule is COc1cc[n+](-c2nc3cc(-n4cccc4)ccc3[nH]2)c(CS)c1C. The maximum absolute atomic E-state index is 5.41. The summed E-state index contributed by atoms with van der Waals surface area (Å²) in [6, 6.07) is 12.2. The molecule has 0 saturated heterocycles. The molecule has 3 heterocycles. The Bertz CT molecular complexity index is 1040. The highest BCUT2D eigenvalue weighted by atomic mass is 32.1. The van der Waals surface area contributed by atoms with E-state index in [1.54, 1.807) is 7.11 Å². The van der Waals surface area contributed by atoms with Crippen molar-refractivity contribution < 1.29 is 9.30 Å². The third-order valence-corrected chi connectivity index (χ3v) is 4.72. The fourth-order valence-electron chi connectivity index (χ4n) is 3.06. The predicted octanol–water partition coefficient (Wildman–Crippen LogP) is 3.38. The number of imidazole rings is 1. The van der Waals surface area contributed by atoms with Gasteiger partial charge in [0.05, 0.1) is 13.3 Å². The Labute approximate surface area is 151 Å². The van der Waals surface area contributed by atoms with Crippen LogP contribution in [0, 0.1) is 6.92 Å². The van der Waals surface area contributed by atoms with Crippen LogP contribution in [-0.2, 0) is 5.75 Å². The first kappa shape index (κ1) is 15.8. The number of aromatic nitrogens is 4. The summed E-state index contributed by atoms with van der Waals surface area (Å²) in [7, 11) is 1.68.